The van der Waals surface area contributed by atoms with Gasteiger partial charge in [0.25, 0.3) is 11.8 Å². The van der Waals surface area contributed by atoms with Crippen molar-refractivity contribution in [2.24, 2.45) is 16.8 Å². The minimum atomic E-state index is -4.06. The van der Waals surface area contributed by atoms with E-state index < -0.39 is 49.4 Å². The van der Waals surface area contributed by atoms with Crippen LogP contribution in [-0.2, 0) is 14.6 Å². The zero-order valence-electron chi connectivity index (χ0n) is 18.5. The molecule has 2 unspecified atom stereocenters. The number of ether oxygens (including phenoxy) is 1. The van der Waals surface area contributed by atoms with Crippen molar-refractivity contribution >= 4 is 27.4 Å². The molecule has 0 aromatic heterocycles. The van der Waals surface area contributed by atoms with Crippen molar-refractivity contribution in [3.05, 3.63) is 51.5 Å². The highest BCUT2D eigenvalue weighted by Crippen LogP contribution is 2.29. The van der Waals surface area contributed by atoms with E-state index >= 15 is 0 Å². The van der Waals surface area contributed by atoms with E-state index in [-0.39, 0.29) is 17.2 Å². The summed E-state index contributed by atoms with van der Waals surface area (Å²) in [6.07, 6.45) is 0.794. The molecular formula is C19H25N5O8S. The van der Waals surface area contributed by atoms with Crippen molar-refractivity contribution in [2.45, 2.75) is 26.3 Å². The topological polar surface area (TPSA) is 186 Å². The molecule has 14 heteroatoms. The Kier molecular flexibility index (Phi) is 7.76. The molecule has 0 saturated heterocycles. The molecule has 33 heavy (non-hydrogen) atoms. The van der Waals surface area contributed by atoms with Gasteiger partial charge in [-0.05, 0) is 39.0 Å². The molecule has 1 aliphatic rings. The average Bonchev–Trinajstić information content (AvgIpc) is 2.74. The smallest absolute Gasteiger partial charge is 0.352 e. The Bertz CT molecular complexity index is 1130. The van der Waals surface area contributed by atoms with Gasteiger partial charge in [0.2, 0.25) is 5.50 Å². The number of sulfone groups is 1. The van der Waals surface area contributed by atoms with Crippen LogP contribution in [0.2, 0.25) is 0 Å². The number of nitrogens with zero attached hydrogens (tertiary/aromatic N) is 4. The van der Waals surface area contributed by atoms with E-state index in [4.69, 9.17) is 10.6 Å². The molecule has 2 rings (SSSR count). The van der Waals surface area contributed by atoms with Crippen LogP contribution in [0.5, 0.6) is 5.75 Å². The van der Waals surface area contributed by atoms with Crippen LogP contribution < -0.4 is 10.6 Å². The number of rotatable bonds is 9. The Labute approximate surface area is 190 Å². The number of allylic oxidation sites excluding steroid dienone is 1. The molecule has 0 aliphatic carbocycles. The maximum atomic E-state index is 12.6. The van der Waals surface area contributed by atoms with Gasteiger partial charge in [0.15, 0.2) is 9.84 Å². The highest BCUT2D eigenvalue weighted by molar-refractivity contribution is 7.91. The van der Waals surface area contributed by atoms with Gasteiger partial charge < -0.3 is 14.7 Å². The maximum absolute atomic E-state index is 12.6. The highest BCUT2D eigenvalue weighted by Gasteiger charge is 2.45. The van der Waals surface area contributed by atoms with Crippen molar-refractivity contribution in [1.29, 1.82) is 0 Å². The SMILES string of the molecule is CCN(CC)C(=O)c1cccc(OC2=C([N+](=O)[O-])C(C(C)C(=O)O)=NC(S(C)(=O)=O)N2N)c1. The predicted molar refractivity (Wildman–Crippen MR) is 117 cm³/mol. The summed E-state index contributed by atoms with van der Waals surface area (Å²) in [5.74, 6) is 1.78. The molecule has 3 N–H and O–H groups in total. The van der Waals surface area contributed by atoms with Crippen molar-refractivity contribution < 1.29 is 32.8 Å². The maximum Gasteiger partial charge on any atom is 0.352 e. The van der Waals surface area contributed by atoms with Gasteiger partial charge in [-0.3, -0.25) is 19.7 Å². The molecule has 1 aliphatic heterocycles. The summed E-state index contributed by atoms with van der Waals surface area (Å²) in [5.41, 5.74) is -3.14. The molecular weight excluding hydrogens is 458 g/mol. The molecule has 1 aromatic rings. The first-order chi connectivity index (χ1) is 15.3. The molecule has 1 aromatic carbocycles. The highest BCUT2D eigenvalue weighted by atomic mass is 32.2. The minimum Gasteiger partial charge on any atom is -0.481 e. The van der Waals surface area contributed by atoms with E-state index in [0.29, 0.717) is 18.1 Å². The summed E-state index contributed by atoms with van der Waals surface area (Å²) in [4.78, 5) is 40.3. The second-order valence-corrected chi connectivity index (χ2v) is 9.24. The summed E-state index contributed by atoms with van der Waals surface area (Å²) >= 11 is 0. The average molecular weight is 484 g/mol. The number of hydrazine groups is 1. The number of nitrogens with two attached hydrogens (primary N) is 1. The molecule has 1 heterocycles. The number of carboxylic acids is 1. The molecule has 1 amide bonds. The van der Waals surface area contributed by atoms with Gasteiger partial charge in [0.05, 0.1) is 4.92 Å². The van der Waals surface area contributed by atoms with Crippen LogP contribution in [0, 0.1) is 16.0 Å². The van der Waals surface area contributed by atoms with Crippen molar-refractivity contribution in [1.82, 2.24) is 9.91 Å². The zero-order chi connectivity index (χ0) is 25.1. The quantitative estimate of drug-likeness (QED) is 0.287. The third kappa shape index (κ3) is 5.46. The van der Waals surface area contributed by atoms with Gasteiger partial charge in [-0.2, -0.15) is 0 Å². The van der Waals surface area contributed by atoms with Crippen LogP contribution in [0.3, 0.4) is 0 Å². The lowest BCUT2D eigenvalue weighted by atomic mass is 10.0. The lowest BCUT2D eigenvalue weighted by Gasteiger charge is -2.30. The van der Waals surface area contributed by atoms with Crippen LogP contribution in [0.4, 0.5) is 0 Å². The monoisotopic (exact) mass is 483 g/mol. The predicted octanol–water partition coefficient (Wildman–Crippen LogP) is 0.672. The van der Waals surface area contributed by atoms with Crippen LogP contribution in [-0.4, -0.2) is 70.8 Å². The minimum absolute atomic E-state index is 0.0470. The summed E-state index contributed by atoms with van der Waals surface area (Å²) < 4.78 is 30.0. The summed E-state index contributed by atoms with van der Waals surface area (Å²) in [6, 6.07) is 5.71. The van der Waals surface area contributed by atoms with Gasteiger partial charge in [-0.25, -0.2) is 24.3 Å². The number of amides is 1. The third-order valence-electron chi connectivity index (χ3n) is 4.86. The number of carbonyl (C=O) groups is 2. The van der Waals surface area contributed by atoms with Gasteiger partial charge in [-0.15, -0.1) is 0 Å². The Morgan fingerprint density at radius 2 is 1.97 bits per heavy atom. The number of aliphatic imine (C=N–C) groups is 1. The molecule has 0 saturated carbocycles. The molecule has 0 bridgehead atoms. The van der Waals surface area contributed by atoms with Gasteiger partial charge in [0, 0.05) is 24.9 Å². The number of aliphatic carboxylic acids is 1. The molecule has 2 atom stereocenters. The number of carbonyl (C=O) groups excluding carboxylic acids is 1. The third-order valence-corrected chi connectivity index (χ3v) is 5.96. The Balaban J connectivity index is 2.64. The summed E-state index contributed by atoms with van der Waals surface area (Å²) in [7, 11) is -4.06. The van der Waals surface area contributed by atoms with E-state index in [0.717, 1.165) is 13.2 Å². The van der Waals surface area contributed by atoms with Crippen LogP contribution >= 0.6 is 0 Å². The van der Waals surface area contributed by atoms with Crippen LogP contribution in [0.25, 0.3) is 0 Å². The summed E-state index contributed by atoms with van der Waals surface area (Å²) in [6.45, 7) is 5.64. The number of hydrogen-bond donors (Lipinski definition) is 2. The first kappa shape index (κ1) is 25.7. The summed E-state index contributed by atoms with van der Waals surface area (Å²) in [5, 5.41) is 21.6. The Hall–Kier alpha value is -3.52. The standard InChI is InChI=1S/C19H25N5O8S/c1-5-22(6-2)16(25)12-8-7-9-13(10-12)32-17-15(24(28)29)14(11(3)18(26)27)21-19(23(17)20)33(4,30)31/h7-11,19H,5-6,20H2,1-4H3,(H,26,27). The number of nitro groups is 1. The fourth-order valence-electron chi connectivity index (χ4n) is 3.08. The van der Waals surface area contributed by atoms with E-state index in [9.17, 15) is 33.2 Å². The van der Waals surface area contributed by atoms with Gasteiger partial charge in [-0.1, -0.05) is 6.07 Å². The fourth-order valence-corrected chi connectivity index (χ4v) is 3.89. The van der Waals surface area contributed by atoms with Gasteiger partial charge >= 0.3 is 11.7 Å². The second kappa shape index (κ2) is 9.95. The fraction of sp³-hybridized carbons (Fsp3) is 0.421. The van der Waals surface area contributed by atoms with Crippen LogP contribution in [0.15, 0.2) is 40.8 Å². The number of benzene rings is 1. The first-order valence-corrected chi connectivity index (χ1v) is 11.8. The van der Waals surface area contributed by atoms with E-state index in [2.05, 4.69) is 4.99 Å². The van der Waals surface area contributed by atoms with Crippen molar-refractivity contribution in [3.8, 4) is 5.75 Å². The first-order valence-electron chi connectivity index (χ1n) is 9.82. The molecule has 180 valence electrons. The lowest BCUT2D eigenvalue weighted by molar-refractivity contribution is -0.420. The normalized spacial score (nSPS) is 17.3. The zero-order valence-corrected chi connectivity index (χ0v) is 19.3. The molecule has 13 nitrogen and oxygen atoms in total. The Morgan fingerprint density at radius 1 is 1.36 bits per heavy atom. The van der Waals surface area contributed by atoms with E-state index in [1.165, 1.54) is 24.3 Å². The molecule has 0 spiro atoms. The Morgan fingerprint density at radius 3 is 2.45 bits per heavy atom. The lowest BCUT2D eigenvalue weighted by Crippen LogP contribution is -2.51. The second-order valence-electron chi connectivity index (χ2n) is 7.16. The van der Waals surface area contributed by atoms with Crippen molar-refractivity contribution in [2.75, 3.05) is 19.3 Å². The number of carboxylic acid groups (broad SMARTS) is 1. The van der Waals surface area contributed by atoms with Gasteiger partial charge in [0.1, 0.15) is 17.4 Å². The number of hydrogen-bond acceptors (Lipinski definition) is 10. The van der Waals surface area contributed by atoms with E-state index in [1.807, 2.05) is 0 Å². The molecule has 0 fully saturated rings. The molecule has 0 radical (unpaired) electrons. The van der Waals surface area contributed by atoms with E-state index in [1.54, 1.807) is 18.7 Å². The van der Waals surface area contributed by atoms with Crippen LogP contribution in [0.1, 0.15) is 31.1 Å². The van der Waals surface area contributed by atoms with Crippen molar-refractivity contribution in [3.63, 3.8) is 0 Å². The largest absolute Gasteiger partial charge is 0.481 e.